The van der Waals surface area contributed by atoms with E-state index in [1.165, 1.54) is 18.4 Å². The number of fused-ring (bicyclic) bond motifs is 3. The van der Waals surface area contributed by atoms with Gasteiger partial charge in [0.05, 0.1) is 13.7 Å². The lowest BCUT2D eigenvalue weighted by Gasteiger charge is -2.13. The minimum absolute atomic E-state index is 0.0973. The minimum atomic E-state index is -0.0973. The van der Waals surface area contributed by atoms with Gasteiger partial charge in [0.25, 0.3) is 0 Å². The topological polar surface area (TPSA) is 51.5 Å². The molecule has 2 heterocycles. The van der Waals surface area contributed by atoms with Gasteiger partial charge in [0.2, 0.25) is 5.91 Å². The Morgan fingerprint density at radius 3 is 2.93 bits per heavy atom. The number of furan rings is 1. The van der Waals surface area contributed by atoms with Crippen molar-refractivity contribution < 1.29 is 13.9 Å². The number of ether oxygens (including phenoxy) is 1. The Hall–Kier alpha value is -2.53. The molecule has 0 atom stereocenters. The van der Waals surface area contributed by atoms with Gasteiger partial charge in [0.1, 0.15) is 17.1 Å². The van der Waals surface area contributed by atoms with E-state index in [1.54, 1.807) is 24.5 Å². The largest absolute Gasteiger partial charge is 0.496 e. The van der Waals surface area contributed by atoms with Crippen molar-refractivity contribution in [2.75, 3.05) is 7.11 Å². The number of hydrogen-bond acceptors (Lipinski definition) is 4. The van der Waals surface area contributed by atoms with Gasteiger partial charge in [-0.2, -0.15) is 0 Å². The zero-order valence-corrected chi connectivity index (χ0v) is 17.4. The van der Waals surface area contributed by atoms with E-state index in [-0.39, 0.29) is 5.91 Å². The Morgan fingerprint density at radius 1 is 1.36 bits per heavy atom. The maximum absolute atomic E-state index is 12.4. The number of nitrogens with one attached hydrogen (secondary N) is 1. The molecule has 1 aromatic carbocycles. The van der Waals surface area contributed by atoms with E-state index >= 15 is 0 Å². The van der Waals surface area contributed by atoms with E-state index in [1.807, 2.05) is 31.4 Å². The van der Waals surface area contributed by atoms with E-state index in [0.717, 1.165) is 56.9 Å². The second-order valence-corrected chi connectivity index (χ2v) is 8.33. The summed E-state index contributed by atoms with van der Waals surface area (Å²) in [5.41, 5.74) is 5.08. The monoisotopic (exact) mass is 395 g/mol. The zero-order chi connectivity index (χ0) is 19.7. The van der Waals surface area contributed by atoms with Crippen LogP contribution in [0.15, 0.2) is 34.1 Å². The van der Waals surface area contributed by atoms with Crippen molar-refractivity contribution in [3.63, 3.8) is 0 Å². The fourth-order valence-electron chi connectivity index (χ4n) is 4.01. The quantitative estimate of drug-likeness (QED) is 0.588. The Morgan fingerprint density at radius 2 is 2.18 bits per heavy atom. The van der Waals surface area contributed by atoms with Crippen LogP contribution in [0, 0.1) is 6.92 Å². The van der Waals surface area contributed by atoms with Gasteiger partial charge < -0.3 is 14.5 Å². The average molecular weight is 396 g/mol. The Kier molecular flexibility index (Phi) is 5.27. The molecule has 0 bridgehead atoms. The molecule has 0 saturated carbocycles. The summed E-state index contributed by atoms with van der Waals surface area (Å²) < 4.78 is 11.9. The van der Waals surface area contributed by atoms with Gasteiger partial charge in [-0.3, -0.25) is 4.79 Å². The average Bonchev–Trinajstić information content (AvgIpc) is 3.34. The Labute approximate surface area is 169 Å². The van der Waals surface area contributed by atoms with Gasteiger partial charge in [-0.15, -0.1) is 11.3 Å². The summed E-state index contributed by atoms with van der Waals surface area (Å²) in [6.45, 7) is 4.54. The van der Waals surface area contributed by atoms with E-state index in [0.29, 0.717) is 6.54 Å². The molecule has 4 rings (SSSR count). The standard InChI is InChI=1S/C23H25NO3S/c1-14(11-21(25)24-13-16-7-6-10-28-16)18-12-19-17-8-4-5-9-20(17)27-23(19)15(2)22(18)26-3/h6-7,10-12H,4-5,8-9,13H2,1-3H3,(H,24,25)/b14-11+. The van der Waals surface area contributed by atoms with Crippen LogP contribution in [0.5, 0.6) is 5.75 Å². The molecule has 1 aliphatic rings. The molecule has 0 aliphatic heterocycles. The molecule has 1 aliphatic carbocycles. The number of rotatable bonds is 5. The van der Waals surface area contributed by atoms with Crippen molar-refractivity contribution >= 4 is 33.8 Å². The first-order chi connectivity index (χ1) is 13.6. The molecule has 0 saturated heterocycles. The summed E-state index contributed by atoms with van der Waals surface area (Å²) in [6.07, 6.45) is 6.09. The van der Waals surface area contributed by atoms with Crippen LogP contribution in [0.4, 0.5) is 0 Å². The van der Waals surface area contributed by atoms with E-state index in [4.69, 9.17) is 9.15 Å². The van der Waals surface area contributed by atoms with Gasteiger partial charge in [-0.1, -0.05) is 6.07 Å². The molecule has 0 spiro atoms. The highest BCUT2D eigenvalue weighted by atomic mass is 32.1. The third-order valence-corrected chi connectivity index (χ3v) is 6.30. The lowest BCUT2D eigenvalue weighted by atomic mass is 9.93. The van der Waals surface area contributed by atoms with Crippen molar-refractivity contribution in [1.29, 1.82) is 0 Å². The number of benzene rings is 1. The van der Waals surface area contributed by atoms with E-state index < -0.39 is 0 Å². The van der Waals surface area contributed by atoms with Crippen molar-refractivity contribution in [2.45, 2.75) is 46.1 Å². The first-order valence-electron chi connectivity index (χ1n) is 9.69. The number of aryl methyl sites for hydroxylation is 3. The summed E-state index contributed by atoms with van der Waals surface area (Å²) in [5, 5.41) is 6.13. The predicted molar refractivity (Wildman–Crippen MR) is 114 cm³/mol. The molecule has 0 fully saturated rings. The van der Waals surface area contributed by atoms with Crippen LogP contribution in [0.1, 0.15) is 47.1 Å². The first kappa shape index (κ1) is 18.8. The molecule has 146 valence electrons. The second kappa shape index (κ2) is 7.84. The highest BCUT2D eigenvalue weighted by Crippen LogP contribution is 2.40. The third kappa shape index (κ3) is 3.47. The maximum Gasteiger partial charge on any atom is 0.244 e. The summed E-state index contributed by atoms with van der Waals surface area (Å²) in [6, 6.07) is 6.14. The van der Waals surface area contributed by atoms with Crippen molar-refractivity contribution in [3.8, 4) is 5.75 Å². The molecule has 0 radical (unpaired) electrons. The van der Waals surface area contributed by atoms with Gasteiger partial charge in [0, 0.05) is 39.5 Å². The Balaban J connectivity index is 1.69. The molecular weight excluding hydrogens is 370 g/mol. The van der Waals surface area contributed by atoms with Crippen LogP contribution in [0.3, 0.4) is 0 Å². The fraction of sp³-hybridized carbons (Fsp3) is 0.348. The summed E-state index contributed by atoms with van der Waals surface area (Å²) in [4.78, 5) is 13.5. The molecule has 3 aromatic rings. The fourth-order valence-corrected chi connectivity index (χ4v) is 4.65. The van der Waals surface area contributed by atoms with Crippen LogP contribution in [-0.2, 0) is 24.2 Å². The zero-order valence-electron chi connectivity index (χ0n) is 16.6. The van der Waals surface area contributed by atoms with Crippen LogP contribution in [-0.4, -0.2) is 13.0 Å². The lowest BCUT2D eigenvalue weighted by molar-refractivity contribution is -0.116. The van der Waals surface area contributed by atoms with Crippen LogP contribution in [0.25, 0.3) is 16.5 Å². The molecular formula is C23H25NO3S. The van der Waals surface area contributed by atoms with Crippen LogP contribution >= 0.6 is 11.3 Å². The summed E-state index contributed by atoms with van der Waals surface area (Å²) >= 11 is 1.64. The number of amides is 1. The predicted octanol–water partition coefficient (Wildman–Crippen LogP) is 5.41. The third-order valence-electron chi connectivity index (χ3n) is 5.42. The van der Waals surface area contributed by atoms with Crippen LogP contribution < -0.4 is 10.1 Å². The molecule has 4 nitrogen and oxygen atoms in total. The Bertz CT molecular complexity index is 1040. The molecule has 5 heteroatoms. The van der Waals surface area contributed by atoms with Gasteiger partial charge in [-0.05, 0) is 56.2 Å². The smallest absolute Gasteiger partial charge is 0.244 e. The normalized spacial score (nSPS) is 14.2. The SMILES string of the molecule is COc1c(/C(C)=C/C(=O)NCc2cccs2)cc2c3c(oc2c1C)CCCC3. The van der Waals surface area contributed by atoms with E-state index in [2.05, 4.69) is 11.4 Å². The van der Waals surface area contributed by atoms with Gasteiger partial charge >= 0.3 is 0 Å². The first-order valence-corrected chi connectivity index (χ1v) is 10.6. The van der Waals surface area contributed by atoms with Gasteiger partial charge in [0.15, 0.2) is 0 Å². The number of hydrogen-bond donors (Lipinski definition) is 1. The molecule has 28 heavy (non-hydrogen) atoms. The number of methoxy groups -OCH3 is 1. The molecule has 2 aromatic heterocycles. The number of allylic oxidation sites excluding steroid dienone is 1. The summed E-state index contributed by atoms with van der Waals surface area (Å²) in [7, 11) is 1.67. The lowest BCUT2D eigenvalue weighted by Crippen LogP contribution is -2.20. The van der Waals surface area contributed by atoms with Crippen molar-refractivity contribution in [2.24, 2.45) is 0 Å². The molecule has 1 N–H and O–H groups in total. The minimum Gasteiger partial charge on any atom is -0.496 e. The van der Waals surface area contributed by atoms with Crippen LogP contribution in [0.2, 0.25) is 0 Å². The molecule has 0 unspecified atom stereocenters. The highest BCUT2D eigenvalue weighted by molar-refractivity contribution is 7.09. The highest BCUT2D eigenvalue weighted by Gasteiger charge is 2.23. The number of carbonyl (C=O) groups excluding carboxylic acids is 1. The number of carbonyl (C=O) groups is 1. The van der Waals surface area contributed by atoms with Crippen molar-refractivity contribution in [1.82, 2.24) is 5.32 Å². The van der Waals surface area contributed by atoms with Gasteiger partial charge in [-0.25, -0.2) is 0 Å². The summed E-state index contributed by atoms with van der Waals surface area (Å²) in [5.74, 6) is 1.79. The maximum atomic E-state index is 12.4. The van der Waals surface area contributed by atoms with E-state index in [9.17, 15) is 4.79 Å². The molecule has 1 amide bonds. The van der Waals surface area contributed by atoms with Crippen molar-refractivity contribution in [3.05, 3.63) is 57.0 Å². The number of thiophene rings is 1. The second-order valence-electron chi connectivity index (χ2n) is 7.29.